The highest BCUT2D eigenvalue weighted by Crippen LogP contribution is 2.47. The predicted molar refractivity (Wildman–Crippen MR) is 200 cm³/mol. The average molecular weight is 679 g/mol. The van der Waals surface area contributed by atoms with Gasteiger partial charge in [0, 0.05) is 14.2 Å². The zero-order chi connectivity index (χ0) is 35.5. The van der Waals surface area contributed by atoms with Crippen molar-refractivity contribution in [2.75, 3.05) is 27.4 Å². The summed E-state index contributed by atoms with van der Waals surface area (Å²) in [5.41, 5.74) is 6.17. The molecule has 0 bridgehead atoms. The second-order valence-corrected chi connectivity index (χ2v) is 14.2. The first-order chi connectivity index (χ1) is 24.3. The molecule has 0 amide bonds. The van der Waals surface area contributed by atoms with E-state index in [1.807, 2.05) is 18.2 Å². The molecular weight excluding hydrogens is 624 g/mol. The standard InChI is InChI=1S/C44H54O6/c1-6-7-8-32-9-11-33(12-10-32)34-15-19-38(20-16-34)42-27-40(50-44(46)31(3)29-48-5)25-26-41(42)37-17-13-35(14-18-37)36-21-23-39(24-22-36)49-43(45)30(2)28-47-4/h13-14,17-18,21-27,32-34,38H,2-3,6-12,15-16,19-20,28-29H2,1,4-5H3. The largest absolute Gasteiger partial charge is 0.423 e. The molecule has 2 saturated carbocycles. The Bertz CT molecular complexity index is 1590. The van der Waals surface area contributed by atoms with Crippen molar-refractivity contribution in [2.24, 2.45) is 17.8 Å². The molecular formula is C44H54O6. The minimum absolute atomic E-state index is 0.129. The maximum Gasteiger partial charge on any atom is 0.341 e. The Hall–Kier alpha value is -4.00. The lowest BCUT2D eigenvalue weighted by Gasteiger charge is -2.38. The van der Waals surface area contributed by atoms with Crippen LogP contribution >= 0.6 is 0 Å². The van der Waals surface area contributed by atoms with E-state index in [-0.39, 0.29) is 18.8 Å². The van der Waals surface area contributed by atoms with Gasteiger partial charge < -0.3 is 18.9 Å². The molecule has 2 fully saturated rings. The van der Waals surface area contributed by atoms with Crippen molar-refractivity contribution in [3.05, 3.63) is 96.6 Å². The van der Waals surface area contributed by atoms with Gasteiger partial charge in [0.2, 0.25) is 0 Å². The number of esters is 2. The summed E-state index contributed by atoms with van der Waals surface area (Å²) in [6, 6.07) is 22.1. The summed E-state index contributed by atoms with van der Waals surface area (Å²) in [6.07, 6.45) is 14.5. The normalized spacial score (nSPS) is 20.5. The molecule has 0 aliphatic heterocycles. The molecule has 266 valence electrons. The van der Waals surface area contributed by atoms with Gasteiger partial charge in [-0.05, 0) is 114 Å². The van der Waals surface area contributed by atoms with Gasteiger partial charge in [-0.3, -0.25) is 0 Å². The summed E-state index contributed by atoms with van der Waals surface area (Å²) in [7, 11) is 3.06. The van der Waals surface area contributed by atoms with Crippen molar-refractivity contribution in [3.8, 4) is 33.8 Å². The van der Waals surface area contributed by atoms with E-state index >= 15 is 0 Å². The number of hydrogen-bond donors (Lipinski definition) is 0. The van der Waals surface area contributed by atoms with E-state index in [9.17, 15) is 9.59 Å². The van der Waals surface area contributed by atoms with Crippen LogP contribution in [0.5, 0.6) is 11.5 Å². The minimum Gasteiger partial charge on any atom is -0.423 e. The second-order valence-electron chi connectivity index (χ2n) is 14.2. The Morgan fingerprint density at radius 3 is 1.66 bits per heavy atom. The Kier molecular flexibility index (Phi) is 13.6. The molecule has 3 aromatic carbocycles. The summed E-state index contributed by atoms with van der Waals surface area (Å²) in [5, 5.41) is 0. The van der Waals surface area contributed by atoms with Crippen molar-refractivity contribution in [1.82, 2.24) is 0 Å². The highest BCUT2D eigenvalue weighted by molar-refractivity contribution is 5.90. The molecule has 6 heteroatoms. The summed E-state index contributed by atoms with van der Waals surface area (Å²) in [4.78, 5) is 24.9. The molecule has 0 radical (unpaired) electrons. The number of benzene rings is 3. The third kappa shape index (κ3) is 9.82. The highest BCUT2D eigenvalue weighted by Gasteiger charge is 2.32. The zero-order valence-corrected chi connectivity index (χ0v) is 30.2. The Labute approximate surface area is 298 Å². The van der Waals surface area contributed by atoms with Gasteiger partial charge >= 0.3 is 11.9 Å². The molecule has 50 heavy (non-hydrogen) atoms. The van der Waals surface area contributed by atoms with Gasteiger partial charge in [-0.2, -0.15) is 0 Å². The monoisotopic (exact) mass is 678 g/mol. The van der Waals surface area contributed by atoms with Crippen LogP contribution in [-0.2, 0) is 19.1 Å². The molecule has 5 rings (SSSR count). The van der Waals surface area contributed by atoms with Crippen molar-refractivity contribution >= 4 is 11.9 Å². The van der Waals surface area contributed by atoms with Crippen LogP contribution < -0.4 is 9.47 Å². The predicted octanol–water partition coefficient (Wildman–Crippen LogP) is 10.5. The fraction of sp³-hybridized carbons (Fsp3) is 0.455. The number of unbranched alkanes of at least 4 members (excludes halogenated alkanes) is 1. The van der Waals surface area contributed by atoms with E-state index < -0.39 is 11.9 Å². The van der Waals surface area contributed by atoms with E-state index in [0.717, 1.165) is 47.3 Å². The smallest absolute Gasteiger partial charge is 0.341 e. The number of rotatable bonds is 15. The van der Waals surface area contributed by atoms with Gasteiger partial charge in [-0.15, -0.1) is 0 Å². The lowest BCUT2D eigenvalue weighted by molar-refractivity contribution is -0.131. The quantitative estimate of drug-likeness (QED) is 0.0905. The lowest BCUT2D eigenvalue weighted by Crippen LogP contribution is -2.25. The second kappa shape index (κ2) is 18.3. The molecule has 2 aliphatic carbocycles. The van der Waals surface area contributed by atoms with E-state index in [2.05, 4.69) is 56.5 Å². The van der Waals surface area contributed by atoms with Gasteiger partial charge in [0.25, 0.3) is 0 Å². The molecule has 0 spiro atoms. The van der Waals surface area contributed by atoms with Gasteiger partial charge in [-0.25, -0.2) is 9.59 Å². The van der Waals surface area contributed by atoms with Crippen LogP contribution in [0, 0.1) is 17.8 Å². The molecule has 0 saturated heterocycles. The van der Waals surface area contributed by atoms with E-state index in [1.165, 1.54) is 76.0 Å². The molecule has 6 nitrogen and oxygen atoms in total. The SMILES string of the molecule is C=C(COC)C(=O)Oc1ccc(-c2ccc(-c3ccc(OC(=O)C(=C)COC)cc3C3CCC(C4CCC(CCCC)CC4)CC3)cc2)cc1. The first-order valence-electron chi connectivity index (χ1n) is 18.4. The molecule has 2 aliphatic rings. The first kappa shape index (κ1) is 37.3. The number of hydrogen-bond acceptors (Lipinski definition) is 6. The topological polar surface area (TPSA) is 71.1 Å². The van der Waals surface area contributed by atoms with E-state index in [4.69, 9.17) is 18.9 Å². The van der Waals surface area contributed by atoms with Crippen LogP contribution in [0.25, 0.3) is 22.3 Å². The average Bonchev–Trinajstić information content (AvgIpc) is 3.15. The summed E-state index contributed by atoms with van der Waals surface area (Å²) >= 11 is 0. The van der Waals surface area contributed by atoms with Gasteiger partial charge in [0.15, 0.2) is 0 Å². The Morgan fingerprint density at radius 1 is 0.640 bits per heavy atom. The Balaban J connectivity index is 1.30. The maximum absolute atomic E-state index is 12.7. The molecule has 0 aromatic heterocycles. The zero-order valence-electron chi connectivity index (χ0n) is 30.2. The van der Waals surface area contributed by atoms with E-state index in [1.54, 1.807) is 19.2 Å². The van der Waals surface area contributed by atoms with Crippen molar-refractivity contribution < 1.29 is 28.5 Å². The van der Waals surface area contributed by atoms with Crippen LogP contribution in [-0.4, -0.2) is 39.4 Å². The van der Waals surface area contributed by atoms with Crippen molar-refractivity contribution in [1.29, 1.82) is 0 Å². The third-order valence-corrected chi connectivity index (χ3v) is 10.8. The van der Waals surface area contributed by atoms with Gasteiger partial charge in [0.1, 0.15) is 11.5 Å². The number of methoxy groups -OCH3 is 2. The summed E-state index contributed by atoms with van der Waals surface area (Å²) in [5.74, 6) is 3.07. The minimum atomic E-state index is -0.501. The van der Waals surface area contributed by atoms with Crippen LogP contribution in [0.3, 0.4) is 0 Å². The molecule has 0 N–H and O–H groups in total. The maximum atomic E-state index is 12.7. The van der Waals surface area contributed by atoms with Gasteiger partial charge in [0.05, 0.1) is 24.4 Å². The van der Waals surface area contributed by atoms with Crippen LogP contribution in [0.4, 0.5) is 0 Å². The Morgan fingerprint density at radius 2 is 1.12 bits per heavy atom. The summed E-state index contributed by atoms with van der Waals surface area (Å²) < 4.78 is 21.3. The van der Waals surface area contributed by atoms with Crippen LogP contribution in [0.15, 0.2) is 91.0 Å². The fourth-order valence-electron chi connectivity index (χ4n) is 7.93. The molecule has 3 aromatic rings. The molecule has 0 heterocycles. The van der Waals surface area contributed by atoms with Gasteiger partial charge in [-0.1, -0.05) is 94.7 Å². The van der Waals surface area contributed by atoms with Crippen LogP contribution in [0.1, 0.15) is 89.0 Å². The lowest BCUT2D eigenvalue weighted by atomic mass is 9.67. The van der Waals surface area contributed by atoms with Crippen LogP contribution in [0.2, 0.25) is 0 Å². The molecule has 0 unspecified atom stereocenters. The fourth-order valence-corrected chi connectivity index (χ4v) is 7.93. The first-order valence-corrected chi connectivity index (χ1v) is 18.4. The number of carbonyl (C=O) groups excluding carboxylic acids is 2. The van der Waals surface area contributed by atoms with E-state index in [0.29, 0.717) is 23.0 Å². The van der Waals surface area contributed by atoms with Crippen molar-refractivity contribution in [3.63, 3.8) is 0 Å². The van der Waals surface area contributed by atoms with Crippen molar-refractivity contribution in [2.45, 2.75) is 83.5 Å². The highest BCUT2D eigenvalue weighted by atomic mass is 16.5. The summed E-state index contributed by atoms with van der Waals surface area (Å²) in [6.45, 7) is 10.1. The number of ether oxygens (including phenoxy) is 4. The third-order valence-electron chi connectivity index (χ3n) is 10.8. The number of carbonyl (C=O) groups is 2. The molecule has 0 atom stereocenters.